The van der Waals surface area contributed by atoms with Crippen LogP contribution in [0, 0.1) is 0 Å². The number of nitrogens with zero attached hydrogens (tertiary/aromatic N) is 1. The van der Waals surface area contributed by atoms with Gasteiger partial charge in [0.25, 0.3) is 5.60 Å². The molecule has 0 N–H and O–H groups in total. The van der Waals surface area contributed by atoms with Gasteiger partial charge in [-0.1, -0.05) is 40.5 Å². The lowest BCUT2D eigenvalue weighted by Gasteiger charge is -2.29. The summed E-state index contributed by atoms with van der Waals surface area (Å²) >= 11 is 11.7. The van der Waals surface area contributed by atoms with Crippen LogP contribution in [-0.4, -0.2) is 19.0 Å². The van der Waals surface area contributed by atoms with Crippen LogP contribution in [0.15, 0.2) is 47.6 Å². The van der Waals surface area contributed by atoms with Crippen molar-refractivity contribution in [2.24, 2.45) is 5.16 Å². The van der Waals surface area contributed by atoms with Crippen LogP contribution in [-0.2, 0) is 10.4 Å². The molecule has 0 bridgehead atoms. The molecule has 0 aromatic heterocycles. The number of halogens is 5. The third kappa shape index (κ3) is 3.28. The number of alkyl halides is 3. The van der Waals surface area contributed by atoms with Crippen molar-refractivity contribution in [2.45, 2.75) is 18.2 Å². The summed E-state index contributed by atoms with van der Waals surface area (Å²) in [5, 5.41) is 3.87. The fraction of sp³-hybridized carbons (Fsp3) is 0.235. The average molecular weight is 390 g/mol. The Kier molecular flexibility index (Phi) is 4.60. The lowest BCUT2D eigenvalue weighted by molar-refractivity contribution is -0.275. The Bertz CT molecular complexity index is 819. The van der Waals surface area contributed by atoms with Gasteiger partial charge in [0.2, 0.25) is 0 Å². The molecule has 1 aliphatic heterocycles. The second kappa shape index (κ2) is 6.42. The molecule has 0 amide bonds. The Morgan fingerprint density at radius 1 is 1.12 bits per heavy atom. The zero-order valence-electron chi connectivity index (χ0n) is 12.9. The maximum absolute atomic E-state index is 13.9. The van der Waals surface area contributed by atoms with Gasteiger partial charge >= 0.3 is 6.18 Å². The first-order chi connectivity index (χ1) is 11.7. The maximum atomic E-state index is 13.9. The third-order valence-corrected chi connectivity index (χ3v) is 4.35. The first kappa shape index (κ1) is 17.9. The van der Waals surface area contributed by atoms with Crippen molar-refractivity contribution in [3.05, 3.63) is 63.6 Å². The number of methoxy groups -OCH3 is 1. The first-order valence-corrected chi connectivity index (χ1v) is 7.93. The van der Waals surface area contributed by atoms with E-state index in [-0.39, 0.29) is 21.3 Å². The van der Waals surface area contributed by atoms with E-state index in [0.29, 0.717) is 11.3 Å². The van der Waals surface area contributed by atoms with E-state index in [1.165, 1.54) is 25.3 Å². The van der Waals surface area contributed by atoms with Gasteiger partial charge in [-0.15, -0.1) is 0 Å². The highest BCUT2D eigenvalue weighted by molar-refractivity contribution is 6.34. The monoisotopic (exact) mass is 389 g/mol. The molecule has 25 heavy (non-hydrogen) atoms. The summed E-state index contributed by atoms with van der Waals surface area (Å²) in [6.45, 7) is 0. The molecule has 1 aliphatic rings. The molecule has 1 heterocycles. The van der Waals surface area contributed by atoms with E-state index in [0.717, 1.165) is 0 Å². The minimum atomic E-state index is -4.72. The molecule has 3 rings (SSSR count). The van der Waals surface area contributed by atoms with E-state index in [1.54, 1.807) is 24.3 Å². The van der Waals surface area contributed by atoms with E-state index >= 15 is 0 Å². The van der Waals surface area contributed by atoms with Gasteiger partial charge in [-0.2, -0.15) is 13.2 Å². The van der Waals surface area contributed by atoms with Gasteiger partial charge in [0.05, 0.1) is 12.8 Å². The van der Waals surface area contributed by atoms with Gasteiger partial charge < -0.3 is 9.57 Å². The molecular formula is C17H12Cl2F3NO2. The van der Waals surface area contributed by atoms with Gasteiger partial charge in [-0.05, 0) is 30.3 Å². The van der Waals surface area contributed by atoms with Crippen LogP contribution >= 0.6 is 23.2 Å². The molecule has 0 aliphatic carbocycles. The number of hydrogen-bond donors (Lipinski definition) is 0. The van der Waals surface area contributed by atoms with Gasteiger partial charge in [0.15, 0.2) is 0 Å². The summed E-state index contributed by atoms with van der Waals surface area (Å²) in [6, 6.07) is 10.3. The van der Waals surface area contributed by atoms with Crippen LogP contribution in [0.2, 0.25) is 10.0 Å². The molecule has 132 valence electrons. The van der Waals surface area contributed by atoms with Gasteiger partial charge in [0, 0.05) is 27.6 Å². The van der Waals surface area contributed by atoms with E-state index < -0.39 is 18.2 Å². The van der Waals surface area contributed by atoms with Crippen molar-refractivity contribution in [1.82, 2.24) is 0 Å². The molecule has 0 saturated carbocycles. The summed E-state index contributed by atoms with van der Waals surface area (Å²) < 4.78 is 46.8. The van der Waals surface area contributed by atoms with Crippen molar-refractivity contribution in [3.63, 3.8) is 0 Å². The van der Waals surface area contributed by atoms with Crippen molar-refractivity contribution < 1.29 is 22.7 Å². The van der Waals surface area contributed by atoms with E-state index in [9.17, 15) is 13.2 Å². The molecule has 2 aromatic carbocycles. The minimum absolute atomic E-state index is 0.0876. The number of rotatable bonds is 3. The largest absolute Gasteiger partial charge is 0.497 e. The molecule has 1 atom stereocenters. The summed E-state index contributed by atoms with van der Waals surface area (Å²) in [6.07, 6.45) is -5.22. The molecular weight excluding hydrogens is 378 g/mol. The molecule has 0 saturated heterocycles. The fourth-order valence-electron chi connectivity index (χ4n) is 2.65. The SMILES string of the molecule is COc1cccc(C2=NOC(c3cc(Cl)cc(Cl)c3)(C(F)(F)F)C2)c1. The topological polar surface area (TPSA) is 30.8 Å². The molecule has 1 unspecified atom stereocenters. The highest BCUT2D eigenvalue weighted by Crippen LogP contribution is 2.49. The van der Waals surface area contributed by atoms with Crippen molar-refractivity contribution >= 4 is 28.9 Å². The highest BCUT2D eigenvalue weighted by atomic mass is 35.5. The third-order valence-electron chi connectivity index (χ3n) is 3.92. The molecule has 8 heteroatoms. The number of hydrogen-bond acceptors (Lipinski definition) is 3. The van der Waals surface area contributed by atoms with Crippen LogP contribution in [0.1, 0.15) is 17.5 Å². The second-order valence-corrected chi connectivity index (χ2v) is 6.39. The second-order valence-electron chi connectivity index (χ2n) is 5.52. The number of oxime groups is 1. The van der Waals surface area contributed by atoms with Crippen LogP contribution in [0.4, 0.5) is 13.2 Å². The molecule has 2 aromatic rings. The molecule has 0 radical (unpaired) electrons. The predicted molar refractivity (Wildman–Crippen MR) is 89.4 cm³/mol. The van der Waals surface area contributed by atoms with E-state index in [1.807, 2.05) is 0 Å². The normalized spacial score (nSPS) is 20.2. The Morgan fingerprint density at radius 3 is 2.40 bits per heavy atom. The summed E-state index contributed by atoms with van der Waals surface area (Å²) in [4.78, 5) is 4.95. The van der Waals surface area contributed by atoms with E-state index in [2.05, 4.69) is 5.16 Å². The zero-order valence-corrected chi connectivity index (χ0v) is 14.4. The summed E-state index contributed by atoms with van der Waals surface area (Å²) in [7, 11) is 1.47. The molecule has 3 nitrogen and oxygen atoms in total. The quantitative estimate of drug-likeness (QED) is 0.685. The van der Waals surface area contributed by atoms with Gasteiger partial charge in [-0.25, -0.2) is 0 Å². The fourth-order valence-corrected chi connectivity index (χ4v) is 3.17. The van der Waals surface area contributed by atoms with Crippen molar-refractivity contribution in [3.8, 4) is 5.75 Å². The van der Waals surface area contributed by atoms with Crippen LogP contribution in [0.5, 0.6) is 5.75 Å². The Morgan fingerprint density at radius 2 is 1.80 bits per heavy atom. The number of benzene rings is 2. The average Bonchev–Trinajstić information content (AvgIpc) is 3.00. The molecule has 0 fully saturated rings. The zero-order chi connectivity index (χ0) is 18.2. The van der Waals surface area contributed by atoms with Crippen molar-refractivity contribution in [2.75, 3.05) is 7.11 Å². The Hall–Kier alpha value is -1.92. The Labute approximate surface area is 151 Å². The lowest BCUT2D eigenvalue weighted by atomic mass is 9.86. The predicted octanol–water partition coefficient (Wildman–Crippen LogP) is 5.58. The standard InChI is InChI=1S/C17H12Cl2F3NO2/c1-24-14-4-2-3-10(5-14)15-9-16(25-23-15,17(20,21)22)11-6-12(18)8-13(19)7-11/h2-8H,9H2,1H3. The van der Waals surface area contributed by atoms with Gasteiger partial charge in [0.1, 0.15) is 5.75 Å². The van der Waals surface area contributed by atoms with Crippen LogP contribution in [0.25, 0.3) is 0 Å². The first-order valence-electron chi connectivity index (χ1n) is 7.18. The smallest absolute Gasteiger partial charge is 0.435 e. The Balaban J connectivity index is 2.03. The van der Waals surface area contributed by atoms with E-state index in [4.69, 9.17) is 32.8 Å². The summed E-state index contributed by atoms with van der Waals surface area (Å²) in [5.41, 5.74) is -2.19. The maximum Gasteiger partial charge on any atom is 0.435 e. The molecule has 0 spiro atoms. The van der Waals surface area contributed by atoms with Crippen LogP contribution in [0.3, 0.4) is 0 Å². The summed E-state index contributed by atoms with van der Waals surface area (Å²) in [5.74, 6) is 0.510. The highest BCUT2D eigenvalue weighted by Gasteiger charge is 2.62. The lowest BCUT2D eigenvalue weighted by Crippen LogP contribution is -2.42. The van der Waals surface area contributed by atoms with Crippen LogP contribution < -0.4 is 4.74 Å². The minimum Gasteiger partial charge on any atom is -0.497 e. The number of ether oxygens (including phenoxy) is 1. The van der Waals surface area contributed by atoms with Crippen molar-refractivity contribution in [1.29, 1.82) is 0 Å². The van der Waals surface area contributed by atoms with Gasteiger partial charge in [-0.3, -0.25) is 0 Å².